The standard InChI is InChI=1S/C27H32N8O2/c1-17-26(18(2)35-27(28-17)29-19(3)32-35)37-23-11-12-34(16-23)22-8-5-20(6-9-22)25-10-7-21(30-31-25)13-33-14-24(15-33)36-4/h5-10,23-24H,11-16H2,1-4H3/t23-/m1/s1. The molecular formula is C27H32N8O2. The third-order valence-corrected chi connectivity index (χ3v) is 7.26. The molecule has 2 saturated heterocycles. The van der Waals surface area contributed by atoms with E-state index >= 15 is 0 Å². The van der Waals surface area contributed by atoms with Crippen LogP contribution in [0.1, 0.15) is 29.3 Å². The molecule has 1 atom stereocenters. The number of nitrogens with zero attached hydrogens (tertiary/aromatic N) is 8. The Kier molecular flexibility index (Phi) is 6.21. The third kappa shape index (κ3) is 4.74. The smallest absolute Gasteiger partial charge is 0.253 e. The summed E-state index contributed by atoms with van der Waals surface area (Å²) in [6.45, 7) is 10.3. The van der Waals surface area contributed by atoms with Crippen molar-refractivity contribution in [2.45, 2.75) is 45.9 Å². The molecule has 0 unspecified atom stereocenters. The second-order valence-corrected chi connectivity index (χ2v) is 9.97. The highest BCUT2D eigenvalue weighted by Gasteiger charge is 2.27. The summed E-state index contributed by atoms with van der Waals surface area (Å²) in [7, 11) is 1.76. The fourth-order valence-corrected chi connectivity index (χ4v) is 5.13. The van der Waals surface area contributed by atoms with Gasteiger partial charge in [-0.25, -0.2) is 4.98 Å². The summed E-state index contributed by atoms with van der Waals surface area (Å²) in [6, 6.07) is 12.7. The van der Waals surface area contributed by atoms with Crippen LogP contribution >= 0.6 is 0 Å². The molecule has 4 aromatic rings. The van der Waals surface area contributed by atoms with Crippen LogP contribution in [0, 0.1) is 20.8 Å². The minimum Gasteiger partial charge on any atom is -0.485 e. The number of ether oxygens (including phenoxy) is 2. The Morgan fingerprint density at radius 2 is 1.73 bits per heavy atom. The van der Waals surface area contributed by atoms with Gasteiger partial charge in [0, 0.05) is 51.0 Å². The molecule has 3 aromatic heterocycles. The number of hydrogen-bond acceptors (Lipinski definition) is 9. The highest BCUT2D eigenvalue weighted by atomic mass is 16.5. The summed E-state index contributed by atoms with van der Waals surface area (Å²) in [6.07, 6.45) is 1.39. The predicted octanol–water partition coefficient (Wildman–Crippen LogP) is 2.99. The van der Waals surface area contributed by atoms with E-state index in [4.69, 9.17) is 9.47 Å². The van der Waals surface area contributed by atoms with Gasteiger partial charge < -0.3 is 14.4 Å². The Morgan fingerprint density at radius 3 is 2.46 bits per heavy atom. The first-order valence-corrected chi connectivity index (χ1v) is 12.8. The van der Waals surface area contributed by atoms with Gasteiger partial charge in [0.2, 0.25) is 0 Å². The lowest BCUT2D eigenvalue weighted by Gasteiger charge is -2.37. The first-order valence-electron chi connectivity index (χ1n) is 12.8. The fraction of sp³-hybridized carbons (Fsp3) is 0.444. The third-order valence-electron chi connectivity index (χ3n) is 7.26. The predicted molar refractivity (Wildman–Crippen MR) is 140 cm³/mol. The van der Waals surface area contributed by atoms with Gasteiger partial charge in [0.1, 0.15) is 11.9 Å². The number of likely N-dealkylation sites (tertiary alicyclic amines) is 1. The molecule has 192 valence electrons. The first kappa shape index (κ1) is 23.7. The fourth-order valence-electron chi connectivity index (χ4n) is 5.13. The minimum atomic E-state index is 0.0879. The Balaban J connectivity index is 1.08. The lowest BCUT2D eigenvalue weighted by atomic mass is 10.1. The monoisotopic (exact) mass is 500 g/mol. The second-order valence-electron chi connectivity index (χ2n) is 9.97. The number of aryl methyl sites for hydroxylation is 3. The van der Waals surface area contributed by atoms with Gasteiger partial charge in [-0.05, 0) is 45.0 Å². The molecule has 6 rings (SSSR count). The van der Waals surface area contributed by atoms with Crippen LogP contribution in [0.2, 0.25) is 0 Å². The summed E-state index contributed by atoms with van der Waals surface area (Å²) in [5, 5.41) is 13.4. The van der Waals surface area contributed by atoms with E-state index in [1.54, 1.807) is 11.6 Å². The maximum absolute atomic E-state index is 6.44. The Bertz CT molecular complexity index is 1400. The van der Waals surface area contributed by atoms with E-state index in [0.29, 0.717) is 17.7 Å². The molecule has 10 nitrogen and oxygen atoms in total. The molecule has 0 spiro atoms. The van der Waals surface area contributed by atoms with Gasteiger partial charge in [0.15, 0.2) is 5.75 Å². The van der Waals surface area contributed by atoms with Crippen molar-refractivity contribution in [2.24, 2.45) is 0 Å². The van der Waals surface area contributed by atoms with Gasteiger partial charge in [-0.15, -0.1) is 5.10 Å². The van der Waals surface area contributed by atoms with Crippen LogP contribution in [0.5, 0.6) is 5.75 Å². The summed E-state index contributed by atoms with van der Waals surface area (Å²) >= 11 is 0. The second kappa shape index (κ2) is 9.68. The molecule has 0 saturated carbocycles. The van der Waals surface area contributed by atoms with Crippen molar-refractivity contribution in [3.05, 3.63) is 59.3 Å². The SMILES string of the molecule is COC1CN(Cc2ccc(-c3ccc(N4CC[C@@H](Oc5c(C)nc6nc(C)nn6c5C)C4)cc3)nn2)C1. The molecule has 5 heterocycles. The first-order chi connectivity index (χ1) is 18.0. The minimum absolute atomic E-state index is 0.0879. The highest BCUT2D eigenvalue weighted by Crippen LogP contribution is 2.29. The lowest BCUT2D eigenvalue weighted by molar-refractivity contribution is -0.0340. The van der Waals surface area contributed by atoms with Crippen LogP contribution in [0.25, 0.3) is 17.0 Å². The van der Waals surface area contributed by atoms with Crippen LogP contribution in [0.3, 0.4) is 0 Å². The van der Waals surface area contributed by atoms with Crippen LogP contribution in [-0.4, -0.2) is 80.2 Å². The van der Waals surface area contributed by atoms with Crippen molar-refractivity contribution in [3.8, 4) is 17.0 Å². The molecule has 0 radical (unpaired) electrons. The molecule has 2 fully saturated rings. The maximum atomic E-state index is 6.44. The van der Waals surface area contributed by atoms with Gasteiger partial charge in [-0.2, -0.15) is 19.7 Å². The van der Waals surface area contributed by atoms with E-state index in [0.717, 1.165) is 73.2 Å². The maximum Gasteiger partial charge on any atom is 0.253 e. The van der Waals surface area contributed by atoms with E-state index in [-0.39, 0.29) is 6.10 Å². The molecule has 0 aliphatic carbocycles. The van der Waals surface area contributed by atoms with Gasteiger partial charge in [0.05, 0.1) is 35.4 Å². The normalized spacial score (nSPS) is 18.5. The number of methoxy groups -OCH3 is 1. The van der Waals surface area contributed by atoms with Gasteiger partial charge >= 0.3 is 0 Å². The topological polar surface area (TPSA) is 93.8 Å². The number of aromatic nitrogens is 6. The van der Waals surface area contributed by atoms with E-state index in [1.807, 2.05) is 20.8 Å². The largest absolute Gasteiger partial charge is 0.485 e. The highest BCUT2D eigenvalue weighted by molar-refractivity contribution is 5.63. The van der Waals surface area contributed by atoms with Crippen molar-refractivity contribution < 1.29 is 9.47 Å². The number of benzene rings is 1. The summed E-state index contributed by atoms with van der Waals surface area (Å²) in [4.78, 5) is 13.6. The molecular weight excluding hydrogens is 468 g/mol. The quantitative estimate of drug-likeness (QED) is 0.380. The molecule has 2 aliphatic heterocycles. The zero-order valence-corrected chi connectivity index (χ0v) is 21.8. The molecule has 10 heteroatoms. The number of rotatable bonds is 7. The molecule has 37 heavy (non-hydrogen) atoms. The molecule has 0 N–H and O–H groups in total. The molecule has 0 amide bonds. The Hall–Kier alpha value is -3.63. The van der Waals surface area contributed by atoms with Crippen molar-refractivity contribution >= 4 is 11.5 Å². The van der Waals surface area contributed by atoms with E-state index < -0.39 is 0 Å². The average molecular weight is 501 g/mol. The molecule has 1 aromatic carbocycles. The zero-order chi connectivity index (χ0) is 25.5. The number of hydrogen-bond donors (Lipinski definition) is 0. The Morgan fingerprint density at radius 1 is 0.919 bits per heavy atom. The summed E-state index contributed by atoms with van der Waals surface area (Å²) < 4.78 is 13.5. The van der Waals surface area contributed by atoms with Gasteiger partial charge in [0.25, 0.3) is 5.78 Å². The van der Waals surface area contributed by atoms with E-state index in [9.17, 15) is 0 Å². The number of anilines is 1. The Labute approximate surface area is 216 Å². The van der Waals surface area contributed by atoms with E-state index in [1.165, 1.54) is 5.69 Å². The zero-order valence-electron chi connectivity index (χ0n) is 21.8. The van der Waals surface area contributed by atoms with Crippen molar-refractivity contribution in [1.82, 2.24) is 34.7 Å². The molecule has 2 aliphatic rings. The van der Waals surface area contributed by atoms with Crippen LogP contribution < -0.4 is 9.64 Å². The summed E-state index contributed by atoms with van der Waals surface area (Å²) in [5.41, 5.74) is 5.88. The van der Waals surface area contributed by atoms with Gasteiger partial charge in [-0.3, -0.25) is 4.90 Å². The summed E-state index contributed by atoms with van der Waals surface area (Å²) in [5.74, 6) is 2.12. The lowest BCUT2D eigenvalue weighted by Crippen LogP contribution is -2.51. The van der Waals surface area contributed by atoms with Crippen molar-refractivity contribution in [3.63, 3.8) is 0 Å². The average Bonchev–Trinajstić information content (AvgIpc) is 3.50. The van der Waals surface area contributed by atoms with Crippen LogP contribution in [0.15, 0.2) is 36.4 Å². The molecule has 0 bridgehead atoms. The van der Waals surface area contributed by atoms with Crippen molar-refractivity contribution in [1.29, 1.82) is 0 Å². The van der Waals surface area contributed by atoms with Gasteiger partial charge in [-0.1, -0.05) is 12.1 Å². The number of fused-ring (bicyclic) bond motifs is 1. The van der Waals surface area contributed by atoms with Crippen LogP contribution in [0.4, 0.5) is 5.69 Å². The van der Waals surface area contributed by atoms with Crippen molar-refractivity contribution in [2.75, 3.05) is 38.2 Å². The van der Waals surface area contributed by atoms with E-state index in [2.05, 4.69) is 71.5 Å². The van der Waals surface area contributed by atoms with Crippen LogP contribution in [-0.2, 0) is 11.3 Å².